The molecule has 0 aliphatic carbocycles. The molecular formula is C16H16N4O7S. The Labute approximate surface area is 162 Å². The van der Waals surface area contributed by atoms with Gasteiger partial charge in [-0.1, -0.05) is 0 Å². The number of primary amides is 1. The van der Waals surface area contributed by atoms with Gasteiger partial charge in [0.2, 0.25) is 0 Å². The van der Waals surface area contributed by atoms with Crippen molar-refractivity contribution in [3.05, 3.63) is 44.0 Å². The number of hydrogen-bond acceptors (Lipinski definition) is 8. The number of anilines is 1. The number of nitrogens with one attached hydrogen (secondary N) is 1. The van der Waals surface area contributed by atoms with Crippen molar-refractivity contribution in [3.8, 4) is 0 Å². The molecular weight excluding hydrogens is 392 g/mol. The van der Waals surface area contributed by atoms with Crippen LogP contribution >= 0.6 is 11.3 Å². The average Bonchev–Trinajstić information content (AvgIpc) is 3.26. The third-order valence-electron chi connectivity index (χ3n) is 4.05. The van der Waals surface area contributed by atoms with Crippen LogP contribution in [-0.2, 0) is 17.7 Å². The lowest BCUT2D eigenvalue weighted by atomic mass is 10.0. The van der Waals surface area contributed by atoms with Gasteiger partial charge in [0.15, 0.2) is 5.76 Å². The van der Waals surface area contributed by atoms with Gasteiger partial charge in [0.1, 0.15) is 9.92 Å². The molecule has 0 fully saturated rings. The van der Waals surface area contributed by atoms with Crippen molar-refractivity contribution < 1.29 is 28.5 Å². The molecule has 3 N–H and O–H groups in total. The molecule has 1 aliphatic rings. The van der Waals surface area contributed by atoms with Crippen molar-refractivity contribution >= 4 is 40.1 Å². The van der Waals surface area contributed by atoms with Crippen molar-refractivity contribution in [2.45, 2.75) is 19.9 Å². The van der Waals surface area contributed by atoms with E-state index in [4.69, 9.17) is 14.9 Å². The lowest BCUT2D eigenvalue weighted by Gasteiger charge is -2.26. The van der Waals surface area contributed by atoms with Crippen LogP contribution in [0.25, 0.3) is 0 Å². The van der Waals surface area contributed by atoms with Gasteiger partial charge in [0.05, 0.1) is 24.8 Å². The molecule has 2 aromatic rings. The van der Waals surface area contributed by atoms with Crippen LogP contribution in [0, 0.1) is 10.1 Å². The molecule has 11 nitrogen and oxygen atoms in total. The molecule has 12 heteroatoms. The van der Waals surface area contributed by atoms with Gasteiger partial charge in [-0.2, -0.15) is 0 Å². The van der Waals surface area contributed by atoms with E-state index in [-0.39, 0.29) is 29.5 Å². The number of fused-ring (bicyclic) bond motifs is 1. The number of hydrogen-bond donors (Lipinski definition) is 2. The molecule has 3 amide bonds. The highest BCUT2D eigenvalue weighted by Crippen LogP contribution is 2.37. The fourth-order valence-electron chi connectivity index (χ4n) is 2.84. The number of rotatable bonds is 5. The summed E-state index contributed by atoms with van der Waals surface area (Å²) in [6.07, 6.45) is -0.0824. The number of carbonyl (C=O) groups is 3. The smallest absolute Gasteiger partial charge is 0.433 e. The first-order valence-corrected chi connectivity index (χ1v) is 9.05. The topological polar surface area (TPSA) is 158 Å². The lowest BCUT2D eigenvalue weighted by Crippen LogP contribution is -2.36. The molecule has 0 radical (unpaired) electrons. The normalized spacial score (nSPS) is 13.0. The molecule has 0 unspecified atom stereocenters. The molecule has 0 spiro atoms. The first-order valence-electron chi connectivity index (χ1n) is 8.23. The summed E-state index contributed by atoms with van der Waals surface area (Å²) in [5.41, 5.74) is 6.31. The minimum atomic E-state index is -0.764. The Kier molecular flexibility index (Phi) is 5.31. The van der Waals surface area contributed by atoms with Gasteiger partial charge in [-0.3, -0.25) is 19.7 Å². The quantitative estimate of drug-likeness (QED) is 0.566. The van der Waals surface area contributed by atoms with Gasteiger partial charge < -0.3 is 25.1 Å². The highest BCUT2D eigenvalue weighted by atomic mass is 32.1. The van der Waals surface area contributed by atoms with Crippen molar-refractivity contribution in [1.82, 2.24) is 4.90 Å². The zero-order chi connectivity index (χ0) is 20.4. The lowest BCUT2D eigenvalue weighted by molar-refractivity contribution is -0.402. The predicted octanol–water partition coefficient (Wildman–Crippen LogP) is 2.12. The van der Waals surface area contributed by atoms with E-state index >= 15 is 0 Å². The van der Waals surface area contributed by atoms with Gasteiger partial charge in [-0.15, -0.1) is 11.3 Å². The summed E-state index contributed by atoms with van der Waals surface area (Å²) in [6, 6.07) is 2.22. The Bertz CT molecular complexity index is 964. The summed E-state index contributed by atoms with van der Waals surface area (Å²) < 4.78 is 9.85. The second kappa shape index (κ2) is 7.68. The monoisotopic (exact) mass is 408 g/mol. The Morgan fingerprint density at radius 1 is 1.43 bits per heavy atom. The molecule has 0 atom stereocenters. The predicted molar refractivity (Wildman–Crippen MR) is 97.3 cm³/mol. The van der Waals surface area contributed by atoms with Crippen LogP contribution in [0.3, 0.4) is 0 Å². The first kappa shape index (κ1) is 19.4. The van der Waals surface area contributed by atoms with Crippen LogP contribution in [0.5, 0.6) is 0 Å². The van der Waals surface area contributed by atoms with Crippen LogP contribution in [0.1, 0.15) is 38.3 Å². The molecule has 0 saturated carbocycles. The van der Waals surface area contributed by atoms with Crippen LogP contribution in [-0.4, -0.2) is 40.9 Å². The van der Waals surface area contributed by atoms with Gasteiger partial charge in [-0.25, -0.2) is 4.79 Å². The van der Waals surface area contributed by atoms with Crippen molar-refractivity contribution in [2.24, 2.45) is 5.73 Å². The van der Waals surface area contributed by atoms with E-state index in [2.05, 4.69) is 5.32 Å². The highest BCUT2D eigenvalue weighted by Gasteiger charge is 2.30. The number of ether oxygens (including phenoxy) is 1. The summed E-state index contributed by atoms with van der Waals surface area (Å²) >= 11 is 1.11. The summed E-state index contributed by atoms with van der Waals surface area (Å²) in [7, 11) is 0. The third kappa shape index (κ3) is 3.67. The van der Waals surface area contributed by atoms with Crippen molar-refractivity contribution in [1.29, 1.82) is 0 Å². The summed E-state index contributed by atoms with van der Waals surface area (Å²) in [5, 5.41) is 13.4. The van der Waals surface area contributed by atoms with E-state index in [0.29, 0.717) is 23.4 Å². The van der Waals surface area contributed by atoms with Gasteiger partial charge in [0, 0.05) is 11.4 Å². The highest BCUT2D eigenvalue weighted by molar-refractivity contribution is 7.17. The zero-order valence-electron chi connectivity index (χ0n) is 14.7. The van der Waals surface area contributed by atoms with E-state index in [1.54, 1.807) is 6.92 Å². The Morgan fingerprint density at radius 2 is 2.18 bits per heavy atom. The molecule has 2 aromatic heterocycles. The molecule has 0 saturated heterocycles. The molecule has 28 heavy (non-hydrogen) atoms. The number of nitro groups is 1. The summed E-state index contributed by atoms with van der Waals surface area (Å²) in [5.74, 6) is -2.32. The SMILES string of the molecule is CCOC(=O)N1CCc2c(sc(NC(=O)c3ccc([N+](=O)[O-])o3)c2C(N)=O)C1. The molecule has 3 rings (SSSR count). The van der Waals surface area contributed by atoms with Crippen LogP contribution in [0.2, 0.25) is 0 Å². The summed E-state index contributed by atoms with van der Waals surface area (Å²) in [4.78, 5) is 48.3. The maximum atomic E-state index is 12.3. The molecule has 3 heterocycles. The third-order valence-corrected chi connectivity index (χ3v) is 5.18. The van der Waals surface area contributed by atoms with Crippen LogP contribution in [0.15, 0.2) is 16.5 Å². The van der Waals surface area contributed by atoms with E-state index in [0.717, 1.165) is 23.5 Å². The zero-order valence-corrected chi connectivity index (χ0v) is 15.5. The first-order chi connectivity index (χ1) is 13.3. The maximum Gasteiger partial charge on any atom is 0.433 e. The Balaban J connectivity index is 1.85. The average molecular weight is 408 g/mol. The fraction of sp³-hybridized carbons (Fsp3) is 0.312. The Morgan fingerprint density at radius 3 is 2.79 bits per heavy atom. The van der Waals surface area contributed by atoms with E-state index in [1.165, 1.54) is 4.90 Å². The Hall–Kier alpha value is -3.41. The largest absolute Gasteiger partial charge is 0.450 e. The fourth-order valence-corrected chi connectivity index (χ4v) is 4.10. The van der Waals surface area contributed by atoms with Crippen molar-refractivity contribution in [2.75, 3.05) is 18.5 Å². The van der Waals surface area contributed by atoms with Crippen molar-refractivity contribution in [3.63, 3.8) is 0 Å². The van der Waals surface area contributed by atoms with E-state index < -0.39 is 28.7 Å². The summed E-state index contributed by atoms with van der Waals surface area (Å²) in [6.45, 7) is 2.52. The number of nitrogens with zero attached hydrogens (tertiary/aromatic N) is 2. The number of thiophene rings is 1. The number of carbonyl (C=O) groups excluding carboxylic acids is 3. The second-order valence-electron chi connectivity index (χ2n) is 5.79. The molecule has 148 valence electrons. The standard InChI is InChI=1S/C16H16N4O7S/c1-2-26-16(23)19-6-5-8-10(7-19)28-15(12(8)13(17)21)18-14(22)9-3-4-11(27-9)20(24)25/h3-4H,2,5-7H2,1H3,(H2,17,21)(H,18,22). The number of furan rings is 1. The minimum absolute atomic E-state index is 0.165. The second-order valence-corrected chi connectivity index (χ2v) is 6.90. The van der Waals surface area contributed by atoms with Gasteiger partial charge >= 0.3 is 12.0 Å². The molecule has 1 aliphatic heterocycles. The van der Waals surface area contributed by atoms with Crippen LogP contribution < -0.4 is 11.1 Å². The number of amides is 3. The van der Waals surface area contributed by atoms with Gasteiger partial charge in [-0.05, 0) is 25.0 Å². The van der Waals surface area contributed by atoms with E-state index in [1.807, 2.05) is 0 Å². The van der Waals surface area contributed by atoms with Crippen LogP contribution in [0.4, 0.5) is 15.7 Å². The number of nitrogens with two attached hydrogens (primary N) is 1. The molecule has 0 bridgehead atoms. The van der Waals surface area contributed by atoms with E-state index in [9.17, 15) is 24.5 Å². The van der Waals surface area contributed by atoms with Gasteiger partial charge in [0.25, 0.3) is 11.8 Å². The maximum absolute atomic E-state index is 12.3. The minimum Gasteiger partial charge on any atom is -0.450 e. The molecule has 0 aromatic carbocycles.